The summed E-state index contributed by atoms with van der Waals surface area (Å²) >= 11 is 1.62. The predicted octanol–water partition coefficient (Wildman–Crippen LogP) is 4.74. The second-order valence-corrected chi connectivity index (χ2v) is 6.63. The number of thiazole rings is 1. The molecule has 4 heteroatoms. The summed E-state index contributed by atoms with van der Waals surface area (Å²) < 4.78 is 20.6. The molecule has 0 bridgehead atoms. The summed E-state index contributed by atoms with van der Waals surface area (Å²) in [6.45, 7) is 4.84. The molecule has 0 N–H and O–H groups in total. The number of halogens is 1. The third-order valence-electron chi connectivity index (χ3n) is 3.65. The lowest BCUT2D eigenvalue weighted by Crippen LogP contribution is -2.19. The van der Waals surface area contributed by atoms with Crippen LogP contribution in [0.5, 0.6) is 5.75 Å². The molecule has 1 aromatic heterocycles. The Hall–Kier alpha value is -1.16. The molecule has 1 aromatic carbocycles. The molecule has 1 aliphatic rings. The lowest BCUT2D eigenvalue weighted by Gasteiger charge is -2.25. The first-order valence-corrected chi connectivity index (χ1v) is 7.68. The Balaban J connectivity index is 1.84. The van der Waals surface area contributed by atoms with E-state index in [1.165, 1.54) is 25.3 Å². The fourth-order valence-corrected chi connectivity index (χ4v) is 3.15. The van der Waals surface area contributed by atoms with E-state index in [0.717, 1.165) is 15.2 Å². The number of benzene rings is 1. The number of aromatic nitrogens is 1. The SMILES string of the molecule is CC(C)c1nc2cc(F)c(OCC3CCC3)cc2s1. The average Bonchev–Trinajstić information content (AvgIpc) is 2.70. The van der Waals surface area contributed by atoms with Gasteiger partial charge in [-0.05, 0) is 18.8 Å². The summed E-state index contributed by atoms with van der Waals surface area (Å²) in [7, 11) is 0. The van der Waals surface area contributed by atoms with E-state index < -0.39 is 0 Å². The molecule has 1 heterocycles. The summed E-state index contributed by atoms with van der Waals surface area (Å²) in [5.41, 5.74) is 0.738. The van der Waals surface area contributed by atoms with E-state index in [2.05, 4.69) is 18.8 Å². The molecule has 1 fully saturated rings. The molecule has 0 amide bonds. The van der Waals surface area contributed by atoms with Gasteiger partial charge in [0.25, 0.3) is 0 Å². The zero-order chi connectivity index (χ0) is 13.4. The van der Waals surface area contributed by atoms with Crippen LogP contribution in [0.3, 0.4) is 0 Å². The van der Waals surface area contributed by atoms with Gasteiger partial charge in [0.15, 0.2) is 11.6 Å². The van der Waals surface area contributed by atoms with Crippen molar-refractivity contribution in [2.75, 3.05) is 6.61 Å². The van der Waals surface area contributed by atoms with Crippen molar-refractivity contribution < 1.29 is 9.13 Å². The molecule has 0 spiro atoms. The third-order valence-corrected chi connectivity index (χ3v) is 4.97. The van der Waals surface area contributed by atoms with E-state index in [-0.39, 0.29) is 5.82 Å². The van der Waals surface area contributed by atoms with Gasteiger partial charge in [-0.3, -0.25) is 0 Å². The van der Waals surface area contributed by atoms with Gasteiger partial charge >= 0.3 is 0 Å². The van der Waals surface area contributed by atoms with Gasteiger partial charge < -0.3 is 4.74 Å². The van der Waals surface area contributed by atoms with Gasteiger partial charge in [0.05, 0.1) is 21.8 Å². The summed E-state index contributed by atoms with van der Waals surface area (Å²) in [6.07, 6.45) is 3.70. The van der Waals surface area contributed by atoms with Crippen LogP contribution in [-0.2, 0) is 0 Å². The molecule has 2 aromatic rings. The van der Waals surface area contributed by atoms with Gasteiger partial charge in [-0.2, -0.15) is 0 Å². The third kappa shape index (κ3) is 2.59. The van der Waals surface area contributed by atoms with E-state index in [4.69, 9.17) is 4.74 Å². The highest BCUT2D eigenvalue weighted by atomic mass is 32.1. The number of ether oxygens (including phenoxy) is 1. The van der Waals surface area contributed by atoms with Crippen LogP contribution < -0.4 is 4.74 Å². The van der Waals surface area contributed by atoms with E-state index in [0.29, 0.717) is 24.2 Å². The van der Waals surface area contributed by atoms with Gasteiger partial charge in [-0.1, -0.05) is 20.3 Å². The molecule has 1 aliphatic carbocycles. The van der Waals surface area contributed by atoms with Crippen LogP contribution in [0.2, 0.25) is 0 Å². The monoisotopic (exact) mass is 279 g/mol. The van der Waals surface area contributed by atoms with Crippen molar-refractivity contribution in [3.8, 4) is 5.75 Å². The topological polar surface area (TPSA) is 22.1 Å². The first kappa shape index (κ1) is 12.9. The Kier molecular flexibility index (Phi) is 3.44. The fourth-order valence-electron chi connectivity index (χ4n) is 2.17. The summed E-state index contributed by atoms with van der Waals surface area (Å²) in [6, 6.07) is 3.29. The van der Waals surface area contributed by atoms with Crippen molar-refractivity contribution in [2.45, 2.75) is 39.0 Å². The number of hydrogen-bond donors (Lipinski definition) is 0. The molecular formula is C15H18FNOS. The number of rotatable bonds is 4. The van der Waals surface area contributed by atoms with Crippen molar-refractivity contribution in [3.63, 3.8) is 0 Å². The minimum absolute atomic E-state index is 0.299. The summed E-state index contributed by atoms with van der Waals surface area (Å²) in [5.74, 6) is 1.06. The van der Waals surface area contributed by atoms with Crippen molar-refractivity contribution in [1.29, 1.82) is 0 Å². The predicted molar refractivity (Wildman–Crippen MR) is 76.5 cm³/mol. The largest absolute Gasteiger partial charge is 0.490 e. The van der Waals surface area contributed by atoms with Crippen LogP contribution in [0, 0.1) is 11.7 Å². The van der Waals surface area contributed by atoms with E-state index >= 15 is 0 Å². The zero-order valence-electron chi connectivity index (χ0n) is 11.3. The Labute approximate surface area is 116 Å². The highest BCUT2D eigenvalue weighted by Crippen LogP contribution is 2.33. The van der Waals surface area contributed by atoms with Crippen LogP contribution in [-0.4, -0.2) is 11.6 Å². The first-order valence-electron chi connectivity index (χ1n) is 6.86. The second kappa shape index (κ2) is 5.08. The molecule has 0 aliphatic heterocycles. The van der Waals surface area contributed by atoms with E-state index in [1.54, 1.807) is 17.4 Å². The van der Waals surface area contributed by atoms with Crippen molar-refractivity contribution in [1.82, 2.24) is 4.98 Å². The molecule has 0 unspecified atom stereocenters. The smallest absolute Gasteiger partial charge is 0.167 e. The summed E-state index contributed by atoms with van der Waals surface area (Å²) in [4.78, 5) is 4.46. The molecular weight excluding hydrogens is 261 g/mol. The van der Waals surface area contributed by atoms with Crippen LogP contribution in [0.1, 0.15) is 44.0 Å². The Morgan fingerprint density at radius 1 is 1.42 bits per heavy atom. The van der Waals surface area contributed by atoms with Crippen molar-refractivity contribution in [2.24, 2.45) is 5.92 Å². The maximum Gasteiger partial charge on any atom is 0.167 e. The highest BCUT2D eigenvalue weighted by Gasteiger charge is 2.19. The molecule has 0 atom stereocenters. The van der Waals surface area contributed by atoms with Crippen LogP contribution in [0.4, 0.5) is 4.39 Å². The Morgan fingerprint density at radius 3 is 2.84 bits per heavy atom. The van der Waals surface area contributed by atoms with E-state index in [9.17, 15) is 4.39 Å². The minimum atomic E-state index is -0.299. The molecule has 0 saturated heterocycles. The zero-order valence-corrected chi connectivity index (χ0v) is 12.1. The Morgan fingerprint density at radius 2 is 2.21 bits per heavy atom. The maximum atomic E-state index is 13.9. The van der Waals surface area contributed by atoms with Gasteiger partial charge in [-0.15, -0.1) is 11.3 Å². The maximum absolute atomic E-state index is 13.9. The van der Waals surface area contributed by atoms with E-state index in [1.807, 2.05) is 0 Å². The van der Waals surface area contributed by atoms with Gasteiger partial charge in [0.2, 0.25) is 0 Å². The molecule has 2 nitrogen and oxygen atoms in total. The van der Waals surface area contributed by atoms with Gasteiger partial charge in [-0.25, -0.2) is 9.37 Å². The number of hydrogen-bond acceptors (Lipinski definition) is 3. The summed E-state index contributed by atoms with van der Waals surface area (Å²) in [5, 5.41) is 1.05. The number of fused-ring (bicyclic) bond motifs is 1. The van der Waals surface area contributed by atoms with Crippen molar-refractivity contribution in [3.05, 3.63) is 23.0 Å². The van der Waals surface area contributed by atoms with Gasteiger partial charge in [0, 0.05) is 18.1 Å². The highest BCUT2D eigenvalue weighted by molar-refractivity contribution is 7.18. The fraction of sp³-hybridized carbons (Fsp3) is 0.533. The standard InChI is InChI=1S/C15H18FNOS/c1-9(2)15-17-12-6-11(16)13(7-14(12)19-15)18-8-10-4-3-5-10/h6-7,9-10H,3-5,8H2,1-2H3. The minimum Gasteiger partial charge on any atom is -0.490 e. The second-order valence-electron chi connectivity index (χ2n) is 5.57. The normalized spacial score (nSPS) is 16.0. The van der Waals surface area contributed by atoms with Crippen molar-refractivity contribution >= 4 is 21.6 Å². The molecule has 0 radical (unpaired) electrons. The van der Waals surface area contributed by atoms with Crippen LogP contribution in [0.25, 0.3) is 10.2 Å². The van der Waals surface area contributed by atoms with Crippen LogP contribution >= 0.6 is 11.3 Å². The molecule has 3 rings (SSSR count). The Bertz CT molecular complexity index is 589. The van der Waals surface area contributed by atoms with Gasteiger partial charge in [0.1, 0.15) is 0 Å². The molecule has 19 heavy (non-hydrogen) atoms. The van der Waals surface area contributed by atoms with Crippen LogP contribution in [0.15, 0.2) is 12.1 Å². The molecule has 102 valence electrons. The average molecular weight is 279 g/mol. The first-order chi connectivity index (χ1) is 9.13. The lowest BCUT2D eigenvalue weighted by molar-refractivity contribution is 0.176. The molecule has 1 saturated carbocycles. The quantitative estimate of drug-likeness (QED) is 0.806. The number of nitrogens with zero attached hydrogens (tertiary/aromatic N) is 1. The lowest BCUT2D eigenvalue weighted by atomic mass is 9.86.